The van der Waals surface area contributed by atoms with Crippen molar-refractivity contribution in [2.75, 3.05) is 5.43 Å². The van der Waals surface area contributed by atoms with E-state index in [0.29, 0.717) is 10.7 Å². The number of rotatable bonds is 5. The monoisotopic (exact) mass is 354 g/mol. The minimum absolute atomic E-state index is 0.263. The zero-order valence-electron chi connectivity index (χ0n) is 13.2. The van der Waals surface area contributed by atoms with Gasteiger partial charge in [-0.25, -0.2) is 4.98 Å². The third kappa shape index (κ3) is 3.81. The summed E-state index contributed by atoms with van der Waals surface area (Å²) in [6.45, 7) is 1.71. The number of hydrogen-bond donors (Lipinski definition) is 2. The SMILES string of the molecule is Cc1cc(C=NNc2nc(-c3ccccc3)cs2)c(O)c([N+](=O)[O-])c1. The molecular formula is C17H14N4O3S. The van der Waals surface area contributed by atoms with Crippen LogP contribution in [0.5, 0.6) is 5.75 Å². The molecule has 1 heterocycles. The van der Waals surface area contributed by atoms with Crippen LogP contribution in [-0.4, -0.2) is 21.2 Å². The number of hydrogen-bond acceptors (Lipinski definition) is 7. The predicted molar refractivity (Wildman–Crippen MR) is 98.3 cm³/mol. The fourth-order valence-corrected chi connectivity index (χ4v) is 2.92. The van der Waals surface area contributed by atoms with E-state index in [0.717, 1.165) is 11.3 Å². The summed E-state index contributed by atoms with van der Waals surface area (Å²) in [6.07, 6.45) is 1.33. The minimum Gasteiger partial charge on any atom is -0.502 e. The molecule has 2 N–H and O–H groups in total. The summed E-state index contributed by atoms with van der Waals surface area (Å²) in [5.41, 5.74) is 5.18. The predicted octanol–water partition coefficient (Wildman–Crippen LogP) is 4.18. The lowest BCUT2D eigenvalue weighted by atomic mass is 10.1. The zero-order valence-corrected chi connectivity index (χ0v) is 14.0. The molecule has 0 atom stereocenters. The van der Waals surface area contributed by atoms with Gasteiger partial charge in [-0.3, -0.25) is 15.5 Å². The van der Waals surface area contributed by atoms with Crippen LogP contribution in [0.2, 0.25) is 0 Å². The number of aryl methyl sites for hydroxylation is 1. The standard InChI is InChI=1S/C17H14N4O3S/c1-11-7-13(16(22)15(8-11)21(23)24)9-18-20-17-19-14(10-25-17)12-5-3-2-4-6-12/h2-10,22H,1H3,(H,19,20). The van der Waals surface area contributed by atoms with Crippen LogP contribution in [0, 0.1) is 17.0 Å². The first-order chi connectivity index (χ1) is 12.0. The highest BCUT2D eigenvalue weighted by atomic mass is 32.1. The highest BCUT2D eigenvalue weighted by Crippen LogP contribution is 2.30. The molecular weight excluding hydrogens is 340 g/mol. The second-order valence-corrected chi connectivity index (χ2v) is 6.11. The number of phenols is 1. The van der Waals surface area contributed by atoms with Gasteiger partial charge in [0, 0.05) is 22.6 Å². The van der Waals surface area contributed by atoms with Crippen molar-refractivity contribution in [3.05, 3.63) is 69.1 Å². The van der Waals surface area contributed by atoms with Gasteiger partial charge in [-0.2, -0.15) is 5.10 Å². The number of nitro benzene ring substituents is 1. The summed E-state index contributed by atoms with van der Waals surface area (Å²) in [7, 11) is 0. The van der Waals surface area contributed by atoms with Crippen LogP contribution in [0.25, 0.3) is 11.3 Å². The van der Waals surface area contributed by atoms with E-state index in [1.807, 2.05) is 35.7 Å². The Balaban J connectivity index is 1.76. The number of hydrazone groups is 1. The molecule has 8 heteroatoms. The molecule has 0 spiro atoms. The Bertz CT molecular complexity index is 938. The molecule has 7 nitrogen and oxygen atoms in total. The second kappa shape index (κ2) is 7.10. The van der Waals surface area contributed by atoms with Gasteiger partial charge >= 0.3 is 5.69 Å². The van der Waals surface area contributed by atoms with E-state index in [4.69, 9.17) is 0 Å². The maximum Gasteiger partial charge on any atom is 0.311 e. The number of benzene rings is 2. The van der Waals surface area contributed by atoms with Crippen LogP contribution in [-0.2, 0) is 0 Å². The quantitative estimate of drug-likeness (QED) is 0.407. The molecule has 0 bridgehead atoms. The summed E-state index contributed by atoms with van der Waals surface area (Å²) in [4.78, 5) is 14.7. The van der Waals surface area contributed by atoms with Gasteiger partial charge in [0.15, 0.2) is 0 Å². The lowest BCUT2D eigenvalue weighted by Crippen LogP contribution is -1.95. The molecule has 0 radical (unpaired) electrons. The van der Waals surface area contributed by atoms with Gasteiger partial charge in [-0.05, 0) is 18.6 Å². The lowest BCUT2D eigenvalue weighted by Gasteiger charge is -2.02. The van der Waals surface area contributed by atoms with Crippen LogP contribution in [0.4, 0.5) is 10.8 Å². The van der Waals surface area contributed by atoms with Gasteiger partial charge in [-0.15, -0.1) is 11.3 Å². The molecule has 0 aliphatic carbocycles. The molecule has 0 fully saturated rings. The van der Waals surface area contributed by atoms with Gasteiger partial charge in [0.25, 0.3) is 0 Å². The van der Waals surface area contributed by atoms with Gasteiger partial charge in [-0.1, -0.05) is 30.3 Å². The summed E-state index contributed by atoms with van der Waals surface area (Å²) in [6, 6.07) is 12.7. The zero-order chi connectivity index (χ0) is 17.8. The van der Waals surface area contributed by atoms with E-state index in [1.54, 1.807) is 13.0 Å². The van der Waals surface area contributed by atoms with Crippen molar-refractivity contribution in [2.45, 2.75) is 6.92 Å². The Morgan fingerprint density at radius 2 is 2.08 bits per heavy atom. The van der Waals surface area contributed by atoms with Crippen molar-refractivity contribution in [1.29, 1.82) is 0 Å². The van der Waals surface area contributed by atoms with Gasteiger partial charge < -0.3 is 5.11 Å². The van der Waals surface area contributed by atoms with E-state index in [2.05, 4.69) is 15.5 Å². The highest BCUT2D eigenvalue weighted by Gasteiger charge is 2.17. The number of nitro groups is 1. The highest BCUT2D eigenvalue weighted by molar-refractivity contribution is 7.14. The Morgan fingerprint density at radius 1 is 1.32 bits per heavy atom. The van der Waals surface area contributed by atoms with Crippen LogP contribution in [0.3, 0.4) is 0 Å². The van der Waals surface area contributed by atoms with Crippen LogP contribution in [0.1, 0.15) is 11.1 Å². The molecule has 2 aromatic carbocycles. The van der Waals surface area contributed by atoms with Crippen molar-refractivity contribution in [3.63, 3.8) is 0 Å². The number of aromatic hydroxyl groups is 1. The van der Waals surface area contributed by atoms with Crippen molar-refractivity contribution in [2.24, 2.45) is 5.10 Å². The third-order valence-electron chi connectivity index (χ3n) is 3.40. The number of phenolic OH excluding ortho intramolecular Hbond substituents is 1. The Morgan fingerprint density at radius 3 is 2.80 bits per heavy atom. The smallest absolute Gasteiger partial charge is 0.311 e. The average molecular weight is 354 g/mol. The maximum absolute atomic E-state index is 10.9. The Labute approximate surface area is 147 Å². The summed E-state index contributed by atoms with van der Waals surface area (Å²) < 4.78 is 0. The van der Waals surface area contributed by atoms with Gasteiger partial charge in [0.1, 0.15) is 0 Å². The van der Waals surface area contributed by atoms with Crippen molar-refractivity contribution >= 4 is 28.4 Å². The average Bonchev–Trinajstić information content (AvgIpc) is 3.07. The Hall–Kier alpha value is -3.26. The van der Waals surface area contributed by atoms with Crippen molar-refractivity contribution in [1.82, 2.24) is 4.98 Å². The van der Waals surface area contributed by atoms with E-state index in [9.17, 15) is 15.2 Å². The van der Waals surface area contributed by atoms with E-state index in [-0.39, 0.29) is 11.3 Å². The molecule has 0 saturated carbocycles. The van der Waals surface area contributed by atoms with Crippen molar-refractivity contribution in [3.8, 4) is 17.0 Å². The fourth-order valence-electron chi connectivity index (χ4n) is 2.25. The second-order valence-electron chi connectivity index (χ2n) is 5.25. The first kappa shape index (κ1) is 16.6. The summed E-state index contributed by atoms with van der Waals surface area (Å²) in [5.74, 6) is -0.412. The minimum atomic E-state index is -0.625. The lowest BCUT2D eigenvalue weighted by molar-refractivity contribution is -0.385. The number of nitrogens with zero attached hydrogens (tertiary/aromatic N) is 3. The third-order valence-corrected chi connectivity index (χ3v) is 4.14. The van der Waals surface area contributed by atoms with Crippen molar-refractivity contribution < 1.29 is 10.0 Å². The van der Waals surface area contributed by atoms with E-state index < -0.39 is 10.7 Å². The van der Waals surface area contributed by atoms with E-state index >= 15 is 0 Å². The number of aromatic nitrogens is 1. The number of nitrogens with one attached hydrogen (secondary N) is 1. The number of thiazole rings is 1. The molecule has 126 valence electrons. The molecule has 3 rings (SSSR count). The molecule has 0 aliphatic heterocycles. The first-order valence-corrected chi connectivity index (χ1v) is 8.20. The maximum atomic E-state index is 10.9. The van der Waals surface area contributed by atoms with Gasteiger partial charge in [0.05, 0.1) is 16.8 Å². The van der Waals surface area contributed by atoms with Crippen LogP contribution in [0.15, 0.2) is 52.9 Å². The molecule has 0 saturated heterocycles. The molecule has 0 amide bonds. The van der Waals surface area contributed by atoms with Crippen LogP contribution < -0.4 is 5.43 Å². The van der Waals surface area contributed by atoms with Crippen LogP contribution >= 0.6 is 11.3 Å². The largest absolute Gasteiger partial charge is 0.502 e. The summed E-state index contributed by atoms with van der Waals surface area (Å²) >= 11 is 1.39. The first-order valence-electron chi connectivity index (χ1n) is 7.32. The molecule has 1 aromatic heterocycles. The Kier molecular flexibility index (Phi) is 4.71. The summed E-state index contributed by atoms with van der Waals surface area (Å²) in [5, 5.41) is 27.4. The van der Waals surface area contributed by atoms with E-state index in [1.165, 1.54) is 23.6 Å². The normalized spacial score (nSPS) is 10.9. The molecule has 0 unspecified atom stereocenters. The molecule has 3 aromatic rings. The number of anilines is 1. The molecule has 0 aliphatic rings. The topological polar surface area (TPSA) is 101 Å². The van der Waals surface area contributed by atoms with Gasteiger partial charge in [0.2, 0.25) is 10.9 Å². The fraction of sp³-hybridized carbons (Fsp3) is 0.0588. The molecule has 25 heavy (non-hydrogen) atoms.